The molecule has 6 rings (SSSR count). The van der Waals surface area contributed by atoms with E-state index in [9.17, 15) is 9.59 Å². The summed E-state index contributed by atoms with van der Waals surface area (Å²) < 4.78 is 21.9. The molecule has 2 atom stereocenters. The molecule has 8 nitrogen and oxygen atoms in total. The van der Waals surface area contributed by atoms with Crippen LogP contribution < -0.4 is 24.3 Å². The predicted octanol–water partition coefficient (Wildman–Crippen LogP) is 3.59. The van der Waals surface area contributed by atoms with Crippen molar-refractivity contribution in [2.45, 2.75) is 24.9 Å². The van der Waals surface area contributed by atoms with Crippen molar-refractivity contribution in [3.8, 4) is 23.0 Å². The van der Waals surface area contributed by atoms with Gasteiger partial charge in [0.15, 0.2) is 23.0 Å². The fourth-order valence-electron chi connectivity index (χ4n) is 5.49. The third kappa shape index (κ3) is 3.52. The molecule has 0 saturated heterocycles. The monoisotopic (exact) mass is 486 g/mol. The number of carbonyl (C=O) groups excluding carboxylic acids is 2. The average molecular weight is 487 g/mol. The van der Waals surface area contributed by atoms with Crippen LogP contribution in [-0.2, 0) is 17.8 Å². The Morgan fingerprint density at radius 1 is 1.00 bits per heavy atom. The molecule has 3 aliphatic heterocycles. The summed E-state index contributed by atoms with van der Waals surface area (Å²) >= 11 is 0. The van der Waals surface area contributed by atoms with Crippen LogP contribution in [0.4, 0.5) is 0 Å². The zero-order chi connectivity index (χ0) is 24.8. The molecule has 8 heteroatoms. The Labute approximate surface area is 208 Å². The number of hydrogen-bond donors (Lipinski definition) is 1. The van der Waals surface area contributed by atoms with Crippen LogP contribution in [0.3, 0.4) is 0 Å². The molecule has 1 N–H and O–H groups in total. The lowest BCUT2D eigenvalue weighted by molar-refractivity contribution is -0.124. The van der Waals surface area contributed by atoms with Crippen LogP contribution in [0.15, 0.2) is 54.6 Å². The van der Waals surface area contributed by atoms with Gasteiger partial charge in [-0.2, -0.15) is 0 Å². The Kier molecular flexibility index (Phi) is 5.44. The van der Waals surface area contributed by atoms with Gasteiger partial charge in [0.05, 0.1) is 26.2 Å². The molecular weight excluding hydrogens is 460 g/mol. The zero-order valence-corrected chi connectivity index (χ0v) is 20.1. The van der Waals surface area contributed by atoms with Gasteiger partial charge < -0.3 is 29.2 Å². The maximum atomic E-state index is 13.9. The lowest BCUT2D eigenvalue weighted by atomic mass is 9.75. The summed E-state index contributed by atoms with van der Waals surface area (Å²) in [6, 6.07) is 16.4. The summed E-state index contributed by atoms with van der Waals surface area (Å²) in [5.74, 6) is 1.79. The molecule has 0 saturated carbocycles. The van der Waals surface area contributed by atoms with Gasteiger partial charge in [-0.25, -0.2) is 0 Å². The number of fused-ring (bicyclic) bond motifs is 5. The van der Waals surface area contributed by atoms with Gasteiger partial charge >= 0.3 is 0 Å². The summed E-state index contributed by atoms with van der Waals surface area (Å²) in [7, 11) is 3.19. The molecule has 3 heterocycles. The first-order chi connectivity index (χ1) is 17.6. The number of hydrogen-bond acceptors (Lipinski definition) is 6. The third-order valence-corrected chi connectivity index (χ3v) is 7.21. The van der Waals surface area contributed by atoms with Gasteiger partial charge in [-0.15, -0.1) is 0 Å². The quantitative estimate of drug-likeness (QED) is 0.593. The van der Waals surface area contributed by atoms with Crippen LogP contribution in [-0.4, -0.2) is 44.3 Å². The minimum absolute atomic E-state index is 0.0594. The van der Waals surface area contributed by atoms with E-state index in [2.05, 4.69) is 5.32 Å². The number of amides is 2. The van der Waals surface area contributed by atoms with Crippen molar-refractivity contribution in [2.75, 3.05) is 27.6 Å². The first-order valence-electron chi connectivity index (χ1n) is 11.9. The summed E-state index contributed by atoms with van der Waals surface area (Å²) in [4.78, 5) is 29.2. The summed E-state index contributed by atoms with van der Waals surface area (Å²) in [5.41, 5.74) is 4.16. The van der Waals surface area contributed by atoms with Gasteiger partial charge in [-0.05, 0) is 59.0 Å². The van der Waals surface area contributed by atoms with Crippen LogP contribution in [0.25, 0.3) is 0 Å². The van der Waals surface area contributed by atoms with Crippen LogP contribution in [0.5, 0.6) is 23.0 Å². The van der Waals surface area contributed by atoms with Gasteiger partial charge in [-0.1, -0.05) is 24.3 Å². The molecule has 3 aliphatic rings. The second-order valence-corrected chi connectivity index (χ2v) is 9.07. The van der Waals surface area contributed by atoms with Crippen LogP contribution in [0.1, 0.15) is 44.6 Å². The van der Waals surface area contributed by atoms with Crippen molar-refractivity contribution >= 4 is 11.8 Å². The molecule has 3 aromatic rings. The van der Waals surface area contributed by atoms with E-state index in [1.165, 1.54) is 0 Å². The summed E-state index contributed by atoms with van der Waals surface area (Å²) in [6.07, 6.45) is 0.672. The lowest BCUT2D eigenvalue weighted by Gasteiger charge is -2.45. The van der Waals surface area contributed by atoms with Gasteiger partial charge in [-0.3, -0.25) is 9.59 Å². The lowest BCUT2D eigenvalue weighted by Crippen LogP contribution is -2.50. The fourth-order valence-corrected chi connectivity index (χ4v) is 5.49. The van der Waals surface area contributed by atoms with E-state index in [1.807, 2.05) is 53.4 Å². The summed E-state index contributed by atoms with van der Waals surface area (Å²) in [5, 5.41) is 3.10. The number of methoxy groups -OCH3 is 2. The molecule has 0 fully saturated rings. The molecule has 0 spiro atoms. The highest BCUT2D eigenvalue weighted by Crippen LogP contribution is 2.48. The predicted molar refractivity (Wildman–Crippen MR) is 131 cm³/mol. The summed E-state index contributed by atoms with van der Waals surface area (Å²) in [6.45, 7) is 1.04. The minimum Gasteiger partial charge on any atom is -0.493 e. The molecule has 184 valence electrons. The molecule has 0 bridgehead atoms. The van der Waals surface area contributed by atoms with Gasteiger partial charge in [0.1, 0.15) is 0 Å². The second kappa shape index (κ2) is 8.78. The first-order valence-corrected chi connectivity index (χ1v) is 11.9. The molecule has 0 aromatic heterocycles. The van der Waals surface area contributed by atoms with Crippen molar-refractivity contribution in [3.63, 3.8) is 0 Å². The Morgan fingerprint density at radius 2 is 1.78 bits per heavy atom. The minimum atomic E-state index is -0.579. The van der Waals surface area contributed by atoms with E-state index in [0.29, 0.717) is 48.1 Å². The highest BCUT2D eigenvalue weighted by molar-refractivity contribution is 6.01. The molecule has 3 aromatic carbocycles. The van der Waals surface area contributed by atoms with Crippen molar-refractivity contribution in [3.05, 3.63) is 82.4 Å². The maximum Gasteiger partial charge on any atom is 0.254 e. The Morgan fingerprint density at radius 3 is 2.61 bits per heavy atom. The number of nitrogens with one attached hydrogen (secondary N) is 1. The number of ether oxygens (including phenoxy) is 4. The highest BCUT2D eigenvalue weighted by atomic mass is 16.7. The normalized spacial score (nSPS) is 19.2. The van der Waals surface area contributed by atoms with Crippen molar-refractivity contribution in [1.82, 2.24) is 10.2 Å². The molecule has 0 unspecified atom stereocenters. The molecule has 0 aliphatic carbocycles. The number of rotatable bonds is 5. The SMILES string of the molecule is COc1cc2c(cc1OC)[C@H]1[C@@H](C(=O)NCc3ccc4c(c3)OCO4)c3ccccc3C(=O)N1CC2. The van der Waals surface area contributed by atoms with Crippen LogP contribution in [0, 0.1) is 0 Å². The molecule has 2 amide bonds. The topological polar surface area (TPSA) is 86.3 Å². The van der Waals surface area contributed by atoms with Crippen molar-refractivity contribution < 1.29 is 28.5 Å². The van der Waals surface area contributed by atoms with Gasteiger partial charge in [0, 0.05) is 18.7 Å². The van der Waals surface area contributed by atoms with E-state index < -0.39 is 12.0 Å². The standard InChI is InChI=1S/C28H26N2O6/c1-33-22-12-17-9-10-30-26(20(17)13-23(22)34-2)25(18-5-3-4-6-19(18)28(30)32)27(31)29-14-16-7-8-21-24(11-16)36-15-35-21/h3-8,11-13,25-26H,9-10,14-15H2,1-2H3,(H,29,31)/t25-,26-/m0/s1. The first kappa shape index (κ1) is 22.3. The number of nitrogens with zero attached hydrogens (tertiary/aromatic N) is 1. The largest absolute Gasteiger partial charge is 0.493 e. The van der Waals surface area contributed by atoms with E-state index in [-0.39, 0.29) is 18.6 Å². The van der Waals surface area contributed by atoms with E-state index in [0.717, 1.165) is 22.3 Å². The Balaban J connectivity index is 1.39. The molecule has 36 heavy (non-hydrogen) atoms. The van der Waals surface area contributed by atoms with Crippen molar-refractivity contribution in [1.29, 1.82) is 0 Å². The Hall–Kier alpha value is -4.20. The molecule has 0 radical (unpaired) electrons. The third-order valence-electron chi connectivity index (χ3n) is 7.21. The Bertz CT molecular complexity index is 1370. The van der Waals surface area contributed by atoms with Gasteiger partial charge in [0.25, 0.3) is 5.91 Å². The van der Waals surface area contributed by atoms with E-state index in [4.69, 9.17) is 18.9 Å². The van der Waals surface area contributed by atoms with Crippen molar-refractivity contribution in [2.24, 2.45) is 0 Å². The van der Waals surface area contributed by atoms with E-state index in [1.54, 1.807) is 20.3 Å². The second-order valence-electron chi connectivity index (χ2n) is 9.07. The number of benzene rings is 3. The fraction of sp³-hybridized carbons (Fsp3) is 0.286. The average Bonchev–Trinajstić information content (AvgIpc) is 3.39. The van der Waals surface area contributed by atoms with Crippen LogP contribution in [0.2, 0.25) is 0 Å². The maximum absolute atomic E-state index is 13.9. The highest BCUT2D eigenvalue weighted by Gasteiger charge is 2.46. The smallest absolute Gasteiger partial charge is 0.254 e. The number of carbonyl (C=O) groups is 2. The van der Waals surface area contributed by atoms with E-state index >= 15 is 0 Å². The zero-order valence-electron chi connectivity index (χ0n) is 20.1. The molecular formula is C28H26N2O6. The van der Waals surface area contributed by atoms with Gasteiger partial charge in [0.2, 0.25) is 12.7 Å². The van der Waals surface area contributed by atoms with Crippen LogP contribution >= 0.6 is 0 Å².